The van der Waals surface area contributed by atoms with Crippen molar-refractivity contribution in [3.05, 3.63) is 0 Å². The quantitative estimate of drug-likeness (QED) is 0.760. The molecule has 0 spiro atoms. The average molecular weight is 230 g/mol. The fraction of sp³-hybridized carbons (Fsp3) is 1.00. The lowest BCUT2D eigenvalue weighted by atomic mass is 9.89. The van der Waals surface area contributed by atoms with Crippen molar-refractivity contribution in [2.45, 2.75) is 52.2 Å². The van der Waals surface area contributed by atoms with Crippen LogP contribution in [0.15, 0.2) is 0 Å². The van der Waals surface area contributed by atoms with Crippen LogP contribution in [0.5, 0.6) is 0 Å². The lowest BCUT2D eigenvalue weighted by Gasteiger charge is -2.30. The number of hydrogen-bond donors (Lipinski definition) is 1. The fourth-order valence-corrected chi connectivity index (χ4v) is 2.40. The van der Waals surface area contributed by atoms with E-state index in [4.69, 9.17) is 9.47 Å². The summed E-state index contributed by atoms with van der Waals surface area (Å²) in [5.74, 6) is 0.972. The van der Waals surface area contributed by atoms with Gasteiger partial charge in [0.05, 0.1) is 12.2 Å². The molecule has 1 rings (SSSR count). The highest BCUT2D eigenvalue weighted by Crippen LogP contribution is 2.24. The first-order chi connectivity index (χ1) is 7.65. The molecule has 96 valence electrons. The van der Waals surface area contributed by atoms with Crippen LogP contribution in [-0.4, -0.2) is 37.1 Å². The molecule has 0 aromatic rings. The number of rotatable bonds is 6. The van der Waals surface area contributed by atoms with Crippen molar-refractivity contribution in [3.8, 4) is 0 Å². The first-order valence-corrected chi connectivity index (χ1v) is 6.52. The third-order valence-corrected chi connectivity index (χ3v) is 3.31. The molecule has 2 unspecified atom stereocenters. The van der Waals surface area contributed by atoms with Crippen molar-refractivity contribution in [3.63, 3.8) is 0 Å². The first kappa shape index (κ1) is 13.9. The number of aliphatic hydroxyl groups is 1. The molecule has 0 radical (unpaired) electrons. The predicted molar refractivity (Wildman–Crippen MR) is 64.4 cm³/mol. The zero-order valence-electron chi connectivity index (χ0n) is 10.8. The highest BCUT2D eigenvalue weighted by atomic mass is 16.5. The van der Waals surface area contributed by atoms with Crippen LogP contribution in [0.25, 0.3) is 0 Å². The number of hydrogen-bond acceptors (Lipinski definition) is 3. The average Bonchev–Trinajstić information content (AvgIpc) is 2.26. The Labute approximate surface area is 99.1 Å². The summed E-state index contributed by atoms with van der Waals surface area (Å²) in [6.07, 6.45) is 2.66. The van der Waals surface area contributed by atoms with E-state index in [-0.39, 0.29) is 12.2 Å². The van der Waals surface area contributed by atoms with Gasteiger partial charge in [-0.2, -0.15) is 0 Å². The molecule has 1 heterocycles. The molecule has 0 aromatic carbocycles. The van der Waals surface area contributed by atoms with Crippen LogP contribution in [-0.2, 0) is 9.47 Å². The van der Waals surface area contributed by atoms with Gasteiger partial charge in [0.15, 0.2) is 0 Å². The van der Waals surface area contributed by atoms with Crippen LogP contribution in [0.3, 0.4) is 0 Å². The van der Waals surface area contributed by atoms with Gasteiger partial charge in [0.2, 0.25) is 0 Å². The number of aliphatic hydroxyl groups excluding tert-OH is 1. The van der Waals surface area contributed by atoms with Gasteiger partial charge < -0.3 is 14.6 Å². The Hall–Kier alpha value is -0.120. The summed E-state index contributed by atoms with van der Waals surface area (Å²) < 4.78 is 10.9. The van der Waals surface area contributed by atoms with Crippen LogP contribution in [0.2, 0.25) is 0 Å². The van der Waals surface area contributed by atoms with Gasteiger partial charge >= 0.3 is 0 Å². The number of ether oxygens (including phenoxy) is 2. The van der Waals surface area contributed by atoms with Crippen LogP contribution in [0.4, 0.5) is 0 Å². The van der Waals surface area contributed by atoms with E-state index in [0.29, 0.717) is 18.4 Å². The van der Waals surface area contributed by atoms with Gasteiger partial charge in [0.1, 0.15) is 0 Å². The zero-order valence-corrected chi connectivity index (χ0v) is 10.8. The van der Waals surface area contributed by atoms with Crippen molar-refractivity contribution in [2.24, 2.45) is 11.8 Å². The Morgan fingerprint density at radius 3 is 2.44 bits per heavy atom. The molecule has 16 heavy (non-hydrogen) atoms. The van der Waals surface area contributed by atoms with Crippen molar-refractivity contribution < 1.29 is 14.6 Å². The molecule has 0 aromatic heterocycles. The summed E-state index contributed by atoms with van der Waals surface area (Å²) in [6, 6.07) is 0. The van der Waals surface area contributed by atoms with E-state index < -0.39 is 0 Å². The van der Waals surface area contributed by atoms with E-state index >= 15 is 0 Å². The molecule has 0 saturated carbocycles. The zero-order chi connectivity index (χ0) is 12.0. The van der Waals surface area contributed by atoms with E-state index in [9.17, 15) is 5.11 Å². The summed E-state index contributed by atoms with van der Waals surface area (Å²) in [5, 5.41) is 10.2. The summed E-state index contributed by atoms with van der Waals surface area (Å²) in [4.78, 5) is 0. The second kappa shape index (κ2) is 7.25. The first-order valence-electron chi connectivity index (χ1n) is 6.52. The van der Waals surface area contributed by atoms with E-state index in [0.717, 1.165) is 32.5 Å². The second-order valence-electron chi connectivity index (χ2n) is 5.02. The summed E-state index contributed by atoms with van der Waals surface area (Å²) >= 11 is 0. The molecule has 1 N–H and O–H groups in total. The summed E-state index contributed by atoms with van der Waals surface area (Å²) in [5.41, 5.74) is 0. The van der Waals surface area contributed by atoms with E-state index in [1.54, 1.807) is 0 Å². The van der Waals surface area contributed by atoms with E-state index in [1.807, 2.05) is 6.92 Å². The van der Waals surface area contributed by atoms with Gasteiger partial charge in [0, 0.05) is 19.8 Å². The molecule has 3 heteroatoms. The molecule has 1 saturated heterocycles. The Morgan fingerprint density at radius 1 is 1.31 bits per heavy atom. The third-order valence-electron chi connectivity index (χ3n) is 3.31. The maximum Gasteiger partial charge on any atom is 0.0856 e. The molecule has 1 fully saturated rings. The highest BCUT2D eigenvalue weighted by molar-refractivity contribution is 4.76. The molecule has 0 bridgehead atoms. The van der Waals surface area contributed by atoms with Gasteiger partial charge in [-0.15, -0.1) is 0 Å². The Morgan fingerprint density at radius 2 is 1.94 bits per heavy atom. The van der Waals surface area contributed by atoms with Gasteiger partial charge in [-0.05, 0) is 38.0 Å². The predicted octanol–water partition coefficient (Wildman–Crippen LogP) is 2.23. The summed E-state index contributed by atoms with van der Waals surface area (Å²) in [6.45, 7) is 8.56. The topological polar surface area (TPSA) is 38.7 Å². The van der Waals surface area contributed by atoms with Crippen LogP contribution in [0, 0.1) is 11.8 Å². The molecule has 0 aliphatic carbocycles. The summed E-state index contributed by atoms with van der Waals surface area (Å²) in [7, 11) is 0. The Kier molecular flexibility index (Phi) is 6.32. The van der Waals surface area contributed by atoms with Crippen molar-refractivity contribution in [2.75, 3.05) is 19.8 Å². The van der Waals surface area contributed by atoms with Crippen LogP contribution in [0.1, 0.15) is 40.0 Å². The molecular weight excluding hydrogens is 204 g/mol. The van der Waals surface area contributed by atoms with Gasteiger partial charge in [-0.3, -0.25) is 0 Å². The SMILES string of the molecule is CCOC(C(C)C)C(O)CC1CCOCC1. The maximum absolute atomic E-state index is 10.2. The smallest absolute Gasteiger partial charge is 0.0856 e. The van der Waals surface area contributed by atoms with E-state index in [1.165, 1.54) is 0 Å². The highest BCUT2D eigenvalue weighted by Gasteiger charge is 2.26. The van der Waals surface area contributed by atoms with Crippen molar-refractivity contribution in [1.82, 2.24) is 0 Å². The third kappa shape index (κ3) is 4.40. The molecule has 3 nitrogen and oxygen atoms in total. The van der Waals surface area contributed by atoms with Gasteiger partial charge in [-0.1, -0.05) is 13.8 Å². The minimum Gasteiger partial charge on any atom is -0.390 e. The minimum absolute atomic E-state index is 0.0205. The molecular formula is C13H26O3. The standard InChI is InChI=1S/C13H26O3/c1-4-16-13(10(2)3)12(14)9-11-5-7-15-8-6-11/h10-14H,4-9H2,1-3H3. The second-order valence-corrected chi connectivity index (χ2v) is 5.02. The molecule has 0 amide bonds. The molecule has 2 atom stereocenters. The fourth-order valence-electron chi connectivity index (χ4n) is 2.40. The Balaban J connectivity index is 2.37. The van der Waals surface area contributed by atoms with Crippen molar-refractivity contribution >= 4 is 0 Å². The molecule has 1 aliphatic rings. The van der Waals surface area contributed by atoms with Gasteiger partial charge in [-0.25, -0.2) is 0 Å². The van der Waals surface area contributed by atoms with Crippen molar-refractivity contribution in [1.29, 1.82) is 0 Å². The van der Waals surface area contributed by atoms with Crippen LogP contribution < -0.4 is 0 Å². The van der Waals surface area contributed by atoms with E-state index in [2.05, 4.69) is 13.8 Å². The largest absolute Gasteiger partial charge is 0.390 e. The normalized spacial score (nSPS) is 22.3. The van der Waals surface area contributed by atoms with Crippen LogP contribution >= 0.6 is 0 Å². The Bertz CT molecular complexity index is 176. The lowest BCUT2D eigenvalue weighted by molar-refractivity contribution is -0.0706. The maximum atomic E-state index is 10.2. The molecule has 1 aliphatic heterocycles. The monoisotopic (exact) mass is 230 g/mol. The lowest BCUT2D eigenvalue weighted by Crippen LogP contribution is -2.36. The minimum atomic E-state index is -0.331. The van der Waals surface area contributed by atoms with Gasteiger partial charge in [0.25, 0.3) is 0 Å².